The Morgan fingerprint density at radius 2 is 1.76 bits per heavy atom. The first-order chi connectivity index (χ1) is 12.0. The van der Waals surface area contributed by atoms with Crippen molar-refractivity contribution in [3.8, 4) is 11.4 Å². The zero-order chi connectivity index (χ0) is 17.9. The first-order valence-corrected chi connectivity index (χ1v) is 9.07. The summed E-state index contributed by atoms with van der Waals surface area (Å²) in [6.07, 6.45) is 1.52. The van der Waals surface area contributed by atoms with E-state index < -0.39 is 10.0 Å². The predicted octanol–water partition coefficient (Wildman–Crippen LogP) is 2.53. The Balaban J connectivity index is 1.87. The molecule has 0 saturated heterocycles. The molecule has 0 fully saturated rings. The zero-order valence-corrected chi connectivity index (χ0v) is 14.3. The van der Waals surface area contributed by atoms with Crippen LogP contribution in [0.4, 0.5) is 5.69 Å². The smallest absolute Gasteiger partial charge is 0.284 e. The van der Waals surface area contributed by atoms with Crippen molar-refractivity contribution in [1.82, 2.24) is 14.2 Å². The van der Waals surface area contributed by atoms with Crippen molar-refractivity contribution >= 4 is 21.6 Å². The number of nitrogens with one attached hydrogen (secondary N) is 1. The van der Waals surface area contributed by atoms with Crippen molar-refractivity contribution in [2.24, 2.45) is 0 Å². The molecule has 1 heterocycles. The van der Waals surface area contributed by atoms with E-state index in [1.165, 1.54) is 30.6 Å². The van der Waals surface area contributed by atoms with E-state index >= 15 is 0 Å². The lowest BCUT2D eigenvalue weighted by atomic mass is 10.2. The third-order valence-corrected chi connectivity index (χ3v) is 5.04. The third kappa shape index (κ3) is 3.58. The molecule has 0 spiro atoms. The molecule has 3 rings (SSSR count). The molecule has 2 aromatic carbocycles. The van der Waals surface area contributed by atoms with Gasteiger partial charge in [0.05, 0.1) is 4.90 Å². The lowest BCUT2D eigenvalue weighted by molar-refractivity contribution is -0.115. The molecule has 7 nitrogen and oxygen atoms in total. The number of carbonyl (C=O) groups excluding carboxylic acids is 1. The van der Waals surface area contributed by atoms with Crippen molar-refractivity contribution < 1.29 is 13.2 Å². The summed E-state index contributed by atoms with van der Waals surface area (Å²) < 4.78 is 26.1. The Labute approximate surface area is 145 Å². The van der Waals surface area contributed by atoms with E-state index in [0.29, 0.717) is 17.9 Å². The van der Waals surface area contributed by atoms with Crippen LogP contribution in [0, 0.1) is 0 Å². The van der Waals surface area contributed by atoms with Gasteiger partial charge in [-0.3, -0.25) is 4.79 Å². The highest BCUT2D eigenvalue weighted by Crippen LogP contribution is 2.19. The van der Waals surface area contributed by atoms with Crippen molar-refractivity contribution in [3.63, 3.8) is 0 Å². The molecule has 8 heteroatoms. The maximum absolute atomic E-state index is 12.6. The number of hydrogen-bond donors (Lipinski definition) is 1. The fraction of sp³-hybridized carbons (Fsp3) is 0.118. The quantitative estimate of drug-likeness (QED) is 0.758. The molecule has 0 aliphatic heterocycles. The lowest BCUT2D eigenvalue weighted by Crippen LogP contribution is -2.14. The van der Waals surface area contributed by atoms with E-state index in [0.717, 1.165) is 9.65 Å². The Bertz CT molecular complexity index is 980. The van der Waals surface area contributed by atoms with Crippen LogP contribution in [0.1, 0.15) is 13.3 Å². The van der Waals surface area contributed by atoms with Crippen molar-refractivity contribution in [3.05, 3.63) is 60.9 Å². The molecule has 0 radical (unpaired) electrons. The van der Waals surface area contributed by atoms with Gasteiger partial charge < -0.3 is 5.32 Å². The van der Waals surface area contributed by atoms with Crippen LogP contribution in [-0.2, 0) is 14.8 Å². The van der Waals surface area contributed by atoms with E-state index in [1.807, 2.05) is 18.2 Å². The minimum atomic E-state index is -3.85. The fourth-order valence-electron chi connectivity index (χ4n) is 2.15. The molecule has 0 atom stereocenters. The van der Waals surface area contributed by atoms with Gasteiger partial charge >= 0.3 is 0 Å². The van der Waals surface area contributed by atoms with Crippen LogP contribution < -0.4 is 5.32 Å². The summed E-state index contributed by atoms with van der Waals surface area (Å²) in [5.41, 5.74) is 1.27. The predicted molar refractivity (Wildman–Crippen MR) is 93.4 cm³/mol. The highest BCUT2D eigenvalue weighted by Gasteiger charge is 2.19. The molecule has 25 heavy (non-hydrogen) atoms. The van der Waals surface area contributed by atoms with Crippen LogP contribution in [0.3, 0.4) is 0 Å². The van der Waals surface area contributed by atoms with Gasteiger partial charge in [0, 0.05) is 17.7 Å². The minimum Gasteiger partial charge on any atom is -0.326 e. The first-order valence-electron chi connectivity index (χ1n) is 7.63. The highest BCUT2D eigenvalue weighted by molar-refractivity contribution is 7.89. The Morgan fingerprint density at radius 1 is 1.08 bits per heavy atom. The summed E-state index contributed by atoms with van der Waals surface area (Å²) in [6.45, 7) is 1.74. The standard InChI is InChI=1S/C17H16N4O3S/c1-2-16(22)19-14-8-10-15(11-9-14)25(23,24)21-12-18-17(20-21)13-6-4-3-5-7-13/h3-12H,2H2,1H3,(H,19,22). The van der Waals surface area contributed by atoms with E-state index in [4.69, 9.17) is 0 Å². The summed E-state index contributed by atoms with van der Waals surface area (Å²) in [5.74, 6) is 0.190. The molecule has 1 N–H and O–H groups in total. The Morgan fingerprint density at radius 3 is 2.40 bits per heavy atom. The average Bonchev–Trinajstić information content (AvgIpc) is 3.14. The summed E-state index contributed by atoms with van der Waals surface area (Å²) in [6, 6.07) is 15.0. The van der Waals surface area contributed by atoms with Gasteiger partial charge in [0.25, 0.3) is 10.0 Å². The van der Waals surface area contributed by atoms with E-state index in [2.05, 4.69) is 15.4 Å². The number of hydrogen-bond acceptors (Lipinski definition) is 5. The van der Waals surface area contributed by atoms with Gasteiger partial charge in [-0.25, -0.2) is 4.98 Å². The van der Waals surface area contributed by atoms with Gasteiger partial charge in [-0.1, -0.05) is 37.3 Å². The van der Waals surface area contributed by atoms with Crippen LogP contribution in [0.2, 0.25) is 0 Å². The Kier molecular flexibility index (Phi) is 4.62. The molecule has 128 valence electrons. The summed E-state index contributed by atoms with van der Waals surface area (Å²) in [5, 5.41) is 6.73. The van der Waals surface area contributed by atoms with Gasteiger partial charge in [-0.2, -0.15) is 8.42 Å². The fourth-order valence-corrected chi connectivity index (χ4v) is 3.20. The van der Waals surface area contributed by atoms with Gasteiger partial charge in [0.2, 0.25) is 5.91 Å². The number of benzene rings is 2. The van der Waals surface area contributed by atoms with Gasteiger partial charge in [-0.05, 0) is 24.3 Å². The second-order valence-corrected chi connectivity index (χ2v) is 7.03. The van der Waals surface area contributed by atoms with Crippen LogP contribution in [0.15, 0.2) is 65.8 Å². The van der Waals surface area contributed by atoms with E-state index in [9.17, 15) is 13.2 Å². The maximum Gasteiger partial charge on any atom is 0.284 e. The number of aromatic nitrogens is 3. The summed E-state index contributed by atoms with van der Waals surface area (Å²) >= 11 is 0. The first kappa shape index (κ1) is 16.8. The van der Waals surface area contributed by atoms with Crippen LogP contribution in [0.5, 0.6) is 0 Å². The topological polar surface area (TPSA) is 94.0 Å². The monoisotopic (exact) mass is 356 g/mol. The molecular weight excluding hydrogens is 340 g/mol. The van der Waals surface area contributed by atoms with Crippen molar-refractivity contribution in [2.75, 3.05) is 5.32 Å². The van der Waals surface area contributed by atoms with Crippen LogP contribution in [-0.4, -0.2) is 28.5 Å². The Hall–Kier alpha value is -3.00. The normalized spacial score (nSPS) is 11.2. The minimum absolute atomic E-state index is 0.0616. The molecule has 0 aliphatic rings. The molecule has 0 bridgehead atoms. The highest BCUT2D eigenvalue weighted by atomic mass is 32.2. The molecule has 1 aromatic heterocycles. The van der Waals surface area contributed by atoms with Gasteiger partial charge in [0.15, 0.2) is 5.82 Å². The van der Waals surface area contributed by atoms with Gasteiger partial charge in [0.1, 0.15) is 6.33 Å². The second kappa shape index (κ2) is 6.86. The van der Waals surface area contributed by atoms with Crippen molar-refractivity contribution in [1.29, 1.82) is 0 Å². The third-order valence-electron chi connectivity index (χ3n) is 3.51. The van der Waals surface area contributed by atoms with E-state index in [-0.39, 0.29) is 10.8 Å². The lowest BCUT2D eigenvalue weighted by Gasteiger charge is -2.06. The van der Waals surface area contributed by atoms with E-state index in [1.54, 1.807) is 19.1 Å². The summed E-state index contributed by atoms with van der Waals surface area (Å²) in [4.78, 5) is 15.5. The SMILES string of the molecule is CCC(=O)Nc1ccc(S(=O)(=O)n2cnc(-c3ccccc3)n2)cc1. The van der Waals surface area contributed by atoms with Gasteiger partial charge in [-0.15, -0.1) is 9.19 Å². The molecule has 1 amide bonds. The molecule has 3 aromatic rings. The van der Waals surface area contributed by atoms with Crippen LogP contribution in [0.25, 0.3) is 11.4 Å². The molecule has 0 aliphatic carbocycles. The zero-order valence-electron chi connectivity index (χ0n) is 13.5. The number of amides is 1. The molecule has 0 unspecified atom stereocenters. The maximum atomic E-state index is 12.6. The molecule has 0 saturated carbocycles. The number of carbonyl (C=O) groups is 1. The largest absolute Gasteiger partial charge is 0.326 e. The second-order valence-electron chi connectivity index (χ2n) is 5.24. The summed E-state index contributed by atoms with van der Waals surface area (Å²) in [7, 11) is -3.85. The van der Waals surface area contributed by atoms with Crippen molar-refractivity contribution in [2.45, 2.75) is 18.2 Å². The number of rotatable bonds is 5. The number of anilines is 1. The van der Waals surface area contributed by atoms with Crippen LogP contribution >= 0.6 is 0 Å². The number of nitrogens with zero attached hydrogens (tertiary/aromatic N) is 3. The average molecular weight is 356 g/mol. The molecular formula is C17H16N4O3S.